The van der Waals surface area contributed by atoms with Gasteiger partial charge in [0.05, 0.1) is 10.6 Å². The molecule has 0 amide bonds. The van der Waals surface area contributed by atoms with Crippen LogP contribution in [0.25, 0.3) is 0 Å². The van der Waals surface area contributed by atoms with Crippen LogP contribution in [0.4, 0.5) is 32.0 Å². The fourth-order valence-electron chi connectivity index (χ4n) is 2.05. The lowest BCUT2D eigenvalue weighted by Crippen LogP contribution is -2.28. The van der Waals surface area contributed by atoms with Crippen LogP contribution in [0, 0.1) is 0 Å². The fourth-order valence-corrected chi connectivity index (χ4v) is 2.46. The van der Waals surface area contributed by atoms with Crippen molar-refractivity contribution in [3.8, 4) is 5.75 Å². The highest BCUT2D eigenvalue weighted by molar-refractivity contribution is 7.80. The molecule has 0 saturated carbocycles. The molecule has 2 aromatic carbocycles. The van der Waals surface area contributed by atoms with Gasteiger partial charge in [0.1, 0.15) is 5.75 Å². The van der Waals surface area contributed by atoms with Crippen LogP contribution in [0.2, 0.25) is 5.02 Å². The van der Waals surface area contributed by atoms with Crippen molar-refractivity contribution >= 4 is 34.6 Å². The van der Waals surface area contributed by atoms with Crippen LogP contribution in [0.15, 0.2) is 42.5 Å². The third-order valence-corrected chi connectivity index (χ3v) is 3.74. The molecular formula is C16H11ClF6N2OS. The summed E-state index contributed by atoms with van der Waals surface area (Å²) in [5.41, 5.74) is -0.865. The number of rotatable bonds is 4. The summed E-state index contributed by atoms with van der Waals surface area (Å²) < 4.78 is 79.6. The maximum atomic E-state index is 12.8. The zero-order valence-corrected chi connectivity index (χ0v) is 14.8. The van der Waals surface area contributed by atoms with Crippen molar-refractivity contribution in [1.82, 2.24) is 5.32 Å². The number of nitrogens with one attached hydrogen (secondary N) is 2. The predicted octanol–water partition coefficient (Wildman–Crippen LogP) is 5.74. The molecule has 2 rings (SSSR count). The lowest BCUT2D eigenvalue weighted by Gasteiger charge is -2.16. The van der Waals surface area contributed by atoms with Crippen LogP contribution in [0.5, 0.6) is 5.75 Å². The molecule has 11 heteroatoms. The highest BCUT2D eigenvalue weighted by atomic mass is 35.5. The van der Waals surface area contributed by atoms with Crippen molar-refractivity contribution in [2.75, 3.05) is 5.32 Å². The van der Waals surface area contributed by atoms with Gasteiger partial charge < -0.3 is 15.4 Å². The fraction of sp³-hybridized carbons (Fsp3) is 0.188. The van der Waals surface area contributed by atoms with E-state index in [1.54, 1.807) is 0 Å². The minimum absolute atomic E-state index is 0.0176. The first kappa shape index (κ1) is 21.1. The topological polar surface area (TPSA) is 33.3 Å². The van der Waals surface area contributed by atoms with Gasteiger partial charge in [0.25, 0.3) is 0 Å². The van der Waals surface area contributed by atoms with Gasteiger partial charge in [-0.15, -0.1) is 13.2 Å². The predicted molar refractivity (Wildman–Crippen MR) is 92.6 cm³/mol. The first-order chi connectivity index (χ1) is 12.5. The van der Waals surface area contributed by atoms with Gasteiger partial charge in [-0.1, -0.05) is 29.8 Å². The summed E-state index contributed by atoms with van der Waals surface area (Å²) >= 11 is 10.5. The van der Waals surface area contributed by atoms with Crippen molar-refractivity contribution in [3.63, 3.8) is 0 Å². The number of benzene rings is 2. The highest BCUT2D eigenvalue weighted by Gasteiger charge is 2.33. The van der Waals surface area contributed by atoms with Gasteiger partial charge >= 0.3 is 12.5 Å². The molecule has 0 aliphatic rings. The smallest absolute Gasteiger partial charge is 0.405 e. The quantitative estimate of drug-likeness (QED) is 0.480. The van der Waals surface area contributed by atoms with Crippen molar-refractivity contribution in [2.24, 2.45) is 0 Å². The van der Waals surface area contributed by atoms with E-state index < -0.39 is 28.9 Å². The van der Waals surface area contributed by atoms with Crippen LogP contribution in [0.3, 0.4) is 0 Å². The molecule has 0 radical (unpaired) electrons. The van der Waals surface area contributed by atoms with E-state index in [1.807, 2.05) is 0 Å². The Morgan fingerprint density at radius 1 is 1.04 bits per heavy atom. The number of hydrogen-bond donors (Lipinski definition) is 2. The van der Waals surface area contributed by atoms with Crippen molar-refractivity contribution in [1.29, 1.82) is 0 Å². The lowest BCUT2D eigenvalue weighted by molar-refractivity contribution is -0.274. The Morgan fingerprint density at radius 2 is 1.70 bits per heavy atom. The van der Waals surface area contributed by atoms with E-state index in [2.05, 4.69) is 15.4 Å². The number of ether oxygens (including phenoxy) is 1. The van der Waals surface area contributed by atoms with Gasteiger partial charge in [0, 0.05) is 17.8 Å². The van der Waals surface area contributed by atoms with Gasteiger partial charge in [0.15, 0.2) is 5.11 Å². The van der Waals surface area contributed by atoms with E-state index in [9.17, 15) is 26.3 Å². The number of thiocarbonyl (C=S) groups is 1. The number of para-hydroxylation sites is 1. The second-order valence-electron chi connectivity index (χ2n) is 5.16. The second-order valence-corrected chi connectivity index (χ2v) is 5.97. The van der Waals surface area contributed by atoms with Gasteiger partial charge in [-0.25, -0.2) is 0 Å². The molecule has 3 nitrogen and oxygen atoms in total. The lowest BCUT2D eigenvalue weighted by atomic mass is 10.2. The summed E-state index contributed by atoms with van der Waals surface area (Å²) in [6, 6.07) is 8.51. The number of alkyl halides is 6. The molecule has 0 spiro atoms. The van der Waals surface area contributed by atoms with E-state index in [0.29, 0.717) is 0 Å². The van der Waals surface area contributed by atoms with E-state index in [1.165, 1.54) is 24.3 Å². The zero-order chi connectivity index (χ0) is 20.2. The van der Waals surface area contributed by atoms with Crippen molar-refractivity contribution in [2.45, 2.75) is 19.1 Å². The molecule has 2 N–H and O–H groups in total. The van der Waals surface area contributed by atoms with Crippen LogP contribution in [0.1, 0.15) is 11.1 Å². The monoisotopic (exact) mass is 428 g/mol. The van der Waals surface area contributed by atoms with Crippen LogP contribution >= 0.6 is 23.8 Å². The average molecular weight is 429 g/mol. The maximum absolute atomic E-state index is 12.8. The standard InChI is InChI=1S/C16H11ClF6N2OS/c17-12-6-5-10(7-11(12)15(18,19)20)25-14(27)24-8-9-3-1-2-4-13(9)26-16(21,22)23/h1-7H,8H2,(H2,24,25,27). The molecule has 0 aliphatic carbocycles. The summed E-state index contributed by atoms with van der Waals surface area (Å²) in [4.78, 5) is 0. The first-order valence-electron chi connectivity index (χ1n) is 7.21. The van der Waals surface area contributed by atoms with Gasteiger partial charge in [-0.2, -0.15) is 13.2 Å². The van der Waals surface area contributed by atoms with Crippen LogP contribution in [-0.2, 0) is 12.7 Å². The first-order valence-corrected chi connectivity index (χ1v) is 7.99. The van der Waals surface area contributed by atoms with Crippen molar-refractivity contribution < 1.29 is 31.1 Å². The highest BCUT2D eigenvalue weighted by Crippen LogP contribution is 2.36. The molecule has 0 saturated heterocycles. The third-order valence-electron chi connectivity index (χ3n) is 3.17. The molecule has 2 aromatic rings. The molecule has 0 unspecified atom stereocenters. The Morgan fingerprint density at radius 3 is 2.33 bits per heavy atom. The minimum atomic E-state index is -4.85. The molecule has 0 aliphatic heterocycles. The summed E-state index contributed by atoms with van der Waals surface area (Å²) in [6.07, 6.45) is -9.50. The SMILES string of the molecule is FC(F)(F)Oc1ccccc1CNC(=S)Nc1ccc(Cl)c(C(F)(F)F)c1. The zero-order valence-electron chi connectivity index (χ0n) is 13.2. The molecule has 0 fully saturated rings. The summed E-state index contributed by atoms with van der Waals surface area (Å²) in [5, 5.41) is 4.57. The normalized spacial score (nSPS) is 11.8. The second kappa shape index (κ2) is 8.22. The third kappa shape index (κ3) is 6.47. The average Bonchev–Trinajstić information content (AvgIpc) is 2.53. The van der Waals surface area contributed by atoms with E-state index in [4.69, 9.17) is 23.8 Å². The van der Waals surface area contributed by atoms with Crippen molar-refractivity contribution in [3.05, 3.63) is 58.6 Å². The Kier molecular flexibility index (Phi) is 6.42. The van der Waals surface area contributed by atoms with E-state index in [-0.39, 0.29) is 22.9 Å². The summed E-state index contributed by atoms with van der Waals surface area (Å²) in [5.74, 6) is -0.411. The number of anilines is 1. The van der Waals surface area contributed by atoms with Crippen LogP contribution < -0.4 is 15.4 Å². The van der Waals surface area contributed by atoms with Gasteiger partial charge in [0.2, 0.25) is 0 Å². The number of hydrogen-bond acceptors (Lipinski definition) is 2. The van der Waals surface area contributed by atoms with Gasteiger partial charge in [-0.3, -0.25) is 0 Å². The molecule has 0 aromatic heterocycles. The van der Waals surface area contributed by atoms with E-state index >= 15 is 0 Å². The van der Waals surface area contributed by atoms with Crippen LogP contribution in [-0.4, -0.2) is 11.5 Å². The number of halogens is 7. The largest absolute Gasteiger partial charge is 0.573 e. The summed E-state index contributed by atoms with van der Waals surface area (Å²) in [7, 11) is 0. The maximum Gasteiger partial charge on any atom is 0.573 e. The Bertz CT molecular complexity index is 825. The molecule has 27 heavy (non-hydrogen) atoms. The molecule has 146 valence electrons. The Labute approximate surface area is 160 Å². The molecule has 0 atom stereocenters. The van der Waals surface area contributed by atoms with E-state index in [0.717, 1.165) is 18.2 Å². The Balaban J connectivity index is 2.04. The Hall–Kier alpha value is -2.20. The molecule has 0 bridgehead atoms. The van der Waals surface area contributed by atoms with Gasteiger partial charge in [-0.05, 0) is 36.5 Å². The summed E-state index contributed by atoms with van der Waals surface area (Å²) in [6.45, 7) is -0.141. The molecule has 0 heterocycles. The molecular weight excluding hydrogens is 418 g/mol. The minimum Gasteiger partial charge on any atom is -0.405 e.